The predicted molar refractivity (Wildman–Crippen MR) is 52.3 cm³/mol. The third-order valence-electron chi connectivity index (χ3n) is 1.81. The van der Waals surface area contributed by atoms with Gasteiger partial charge in [-0.1, -0.05) is 13.8 Å². The van der Waals surface area contributed by atoms with Crippen LogP contribution >= 0.6 is 0 Å². The first kappa shape index (κ1) is 11.6. The van der Waals surface area contributed by atoms with E-state index in [-0.39, 0.29) is 5.78 Å². The van der Waals surface area contributed by atoms with Crippen LogP contribution in [0.3, 0.4) is 0 Å². The summed E-state index contributed by atoms with van der Waals surface area (Å²) in [6, 6.07) is 0. The molecule has 0 aliphatic heterocycles. The quantitative estimate of drug-likeness (QED) is 0.608. The first-order valence-corrected chi connectivity index (χ1v) is 4.70. The summed E-state index contributed by atoms with van der Waals surface area (Å²) < 4.78 is 0. The molecule has 0 aliphatic carbocycles. The summed E-state index contributed by atoms with van der Waals surface area (Å²) in [5, 5.41) is 0. The summed E-state index contributed by atoms with van der Waals surface area (Å²) in [7, 11) is 2.00. The van der Waals surface area contributed by atoms with Gasteiger partial charge in [-0.2, -0.15) is 0 Å². The first-order valence-electron chi connectivity index (χ1n) is 4.70. The van der Waals surface area contributed by atoms with Gasteiger partial charge in [-0.05, 0) is 39.3 Å². The summed E-state index contributed by atoms with van der Waals surface area (Å²) in [6.07, 6.45) is 2.45. The zero-order valence-corrected chi connectivity index (χ0v) is 8.76. The van der Waals surface area contributed by atoms with Gasteiger partial charge in [0.2, 0.25) is 0 Å². The van der Waals surface area contributed by atoms with Crippen molar-refractivity contribution < 1.29 is 4.79 Å². The Kier molecular flexibility index (Phi) is 5.99. The molecule has 72 valence electrons. The molecule has 0 heterocycles. The maximum absolute atomic E-state index is 10.7. The van der Waals surface area contributed by atoms with Crippen molar-refractivity contribution in [3.63, 3.8) is 0 Å². The largest absolute Gasteiger partial charge is 0.299 e. The van der Waals surface area contributed by atoms with Gasteiger partial charge in [-0.25, -0.2) is 0 Å². The molecule has 0 aromatic heterocycles. The molecule has 2 nitrogen and oxygen atoms in total. The fraction of sp³-hybridized carbons (Fsp3) is 0.900. The topological polar surface area (TPSA) is 20.3 Å². The molecule has 0 saturated carbocycles. The van der Waals surface area contributed by atoms with E-state index in [1.807, 2.05) is 7.05 Å². The van der Waals surface area contributed by atoms with Crippen LogP contribution in [0.1, 0.15) is 33.6 Å². The highest BCUT2D eigenvalue weighted by Gasteiger charge is 2.01. The van der Waals surface area contributed by atoms with Crippen molar-refractivity contribution >= 4 is 5.78 Å². The van der Waals surface area contributed by atoms with Gasteiger partial charge in [0.15, 0.2) is 0 Å². The van der Waals surface area contributed by atoms with Crippen molar-refractivity contribution in [2.45, 2.75) is 33.6 Å². The number of hydrogen-bond acceptors (Lipinski definition) is 2. The van der Waals surface area contributed by atoms with Crippen molar-refractivity contribution in [3.05, 3.63) is 0 Å². The minimum atomic E-state index is 0.252. The normalized spacial score (nSPS) is 11.2. The van der Waals surface area contributed by atoms with E-state index in [1.54, 1.807) is 6.92 Å². The maximum atomic E-state index is 10.7. The molecule has 0 spiro atoms. The monoisotopic (exact) mass is 171 g/mol. The highest BCUT2D eigenvalue weighted by atomic mass is 16.1. The first-order chi connectivity index (χ1) is 5.52. The smallest absolute Gasteiger partial charge is 0.143 e. The van der Waals surface area contributed by atoms with Crippen molar-refractivity contribution in [1.29, 1.82) is 0 Å². The summed E-state index contributed by atoms with van der Waals surface area (Å²) in [6.45, 7) is 7.73. The Morgan fingerprint density at radius 2 is 2.00 bits per heavy atom. The van der Waals surface area contributed by atoms with E-state index in [0.717, 1.165) is 12.5 Å². The lowest BCUT2D eigenvalue weighted by molar-refractivity contribution is -0.117. The van der Waals surface area contributed by atoms with Gasteiger partial charge in [0.05, 0.1) is 6.54 Å². The maximum Gasteiger partial charge on any atom is 0.143 e. The Morgan fingerprint density at radius 1 is 1.42 bits per heavy atom. The number of carbonyl (C=O) groups is 1. The molecule has 0 rings (SSSR count). The lowest BCUT2D eigenvalue weighted by atomic mass is 10.1. The molecule has 0 fully saturated rings. The van der Waals surface area contributed by atoms with Crippen LogP contribution in [0.4, 0.5) is 0 Å². The third kappa shape index (κ3) is 7.73. The van der Waals surface area contributed by atoms with E-state index in [4.69, 9.17) is 0 Å². The van der Waals surface area contributed by atoms with Crippen LogP contribution in [0.25, 0.3) is 0 Å². The molecule has 0 unspecified atom stereocenters. The molecule has 0 N–H and O–H groups in total. The fourth-order valence-electron chi connectivity index (χ4n) is 1.23. The van der Waals surface area contributed by atoms with Gasteiger partial charge in [-0.15, -0.1) is 0 Å². The molecule has 0 aliphatic rings. The number of Topliss-reactive ketones (excluding diaryl/α,β-unsaturated/α-hetero) is 1. The highest BCUT2D eigenvalue weighted by molar-refractivity contribution is 5.77. The Bertz CT molecular complexity index is 132. The SMILES string of the molecule is CC(=O)CN(C)CCCC(C)C. The van der Waals surface area contributed by atoms with Crippen LogP contribution in [0.2, 0.25) is 0 Å². The summed E-state index contributed by atoms with van der Waals surface area (Å²) >= 11 is 0. The van der Waals surface area contributed by atoms with Crippen molar-refractivity contribution in [1.82, 2.24) is 4.90 Å². The summed E-state index contributed by atoms with van der Waals surface area (Å²) in [5.74, 6) is 1.03. The molecular weight excluding hydrogens is 150 g/mol. The molecule has 0 aromatic carbocycles. The summed E-state index contributed by atoms with van der Waals surface area (Å²) in [4.78, 5) is 12.8. The highest BCUT2D eigenvalue weighted by Crippen LogP contribution is 2.03. The van der Waals surface area contributed by atoms with Crippen LogP contribution in [0.15, 0.2) is 0 Å². The Labute approximate surface area is 75.9 Å². The van der Waals surface area contributed by atoms with Crippen LogP contribution < -0.4 is 0 Å². The van der Waals surface area contributed by atoms with E-state index in [9.17, 15) is 4.79 Å². The fourth-order valence-corrected chi connectivity index (χ4v) is 1.23. The van der Waals surface area contributed by atoms with E-state index >= 15 is 0 Å². The molecule has 12 heavy (non-hydrogen) atoms. The second kappa shape index (κ2) is 6.18. The number of hydrogen-bond donors (Lipinski definition) is 0. The molecule has 0 aromatic rings. The molecule has 0 saturated heterocycles. The van der Waals surface area contributed by atoms with Gasteiger partial charge >= 0.3 is 0 Å². The van der Waals surface area contributed by atoms with E-state index < -0.39 is 0 Å². The van der Waals surface area contributed by atoms with E-state index in [2.05, 4.69) is 18.7 Å². The molecular formula is C10H21NO. The predicted octanol–water partition coefficient (Wildman–Crippen LogP) is 1.94. The molecule has 2 heteroatoms. The Morgan fingerprint density at radius 3 is 2.42 bits per heavy atom. The number of likely N-dealkylation sites (N-methyl/N-ethyl adjacent to an activating group) is 1. The molecule has 0 amide bonds. The Balaban J connectivity index is 3.31. The summed E-state index contributed by atoms with van der Waals surface area (Å²) in [5.41, 5.74) is 0. The van der Waals surface area contributed by atoms with Crippen LogP contribution in [-0.2, 0) is 4.79 Å². The van der Waals surface area contributed by atoms with Crippen LogP contribution in [0.5, 0.6) is 0 Å². The van der Waals surface area contributed by atoms with E-state index in [0.29, 0.717) is 6.54 Å². The molecule has 0 bridgehead atoms. The third-order valence-corrected chi connectivity index (χ3v) is 1.81. The van der Waals surface area contributed by atoms with Gasteiger partial charge in [0, 0.05) is 0 Å². The van der Waals surface area contributed by atoms with Gasteiger partial charge in [0.1, 0.15) is 5.78 Å². The zero-order valence-electron chi connectivity index (χ0n) is 8.76. The van der Waals surface area contributed by atoms with Gasteiger partial charge in [-0.3, -0.25) is 9.69 Å². The minimum Gasteiger partial charge on any atom is -0.299 e. The van der Waals surface area contributed by atoms with Gasteiger partial charge in [0.25, 0.3) is 0 Å². The number of nitrogens with zero attached hydrogens (tertiary/aromatic N) is 1. The zero-order chi connectivity index (χ0) is 9.56. The van der Waals surface area contributed by atoms with Crippen molar-refractivity contribution in [2.75, 3.05) is 20.1 Å². The standard InChI is InChI=1S/C10H21NO/c1-9(2)6-5-7-11(4)8-10(3)12/h9H,5-8H2,1-4H3. The minimum absolute atomic E-state index is 0.252. The second-order valence-corrected chi connectivity index (χ2v) is 3.98. The van der Waals surface area contributed by atoms with Crippen LogP contribution in [0, 0.1) is 5.92 Å². The number of carbonyl (C=O) groups excluding carboxylic acids is 1. The van der Waals surface area contributed by atoms with Crippen LogP contribution in [-0.4, -0.2) is 30.8 Å². The molecule has 0 atom stereocenters. The Hall–Kier alpha value is -0.370. The average Bonchev–Trinajstić information content (AvgIpc) is 1.84. The number of rotatable bonds is 6. The van der Waals surface area contributed by atoms with E-state index in [1.165, 1.54) is 12.8 Å². The molecule has 0 radical (unpaired) electrons. The second-order valence-electron chi connectivity index (χ2n) is 3.98. The lowest BCUT2D eigenvalue weighted by Gasteiger charge is -2.14. The van der Waals surface area contributed by atoms with Gasteiger partial charge < -0.3 is 0 Å². The van der Waals surface area contributed by atoms with Crippen molar-refractivity contribution in [2.24, 2.45) is 5.92 Å². The van der Waals surface area contributed by atoms with Crippen molar-refractivity contribution in [3.8, 4) is 0 Å². The average molecular weight is 171 g/mol. The lowest BCUT2D eigenvalue weighted by Crippen LogP contribution is -2.25. The number of ketones is 1.